The minimum Gasteiger partial charge on any atom is -0.0864 e. The number of halogens is 2. The third-order valence-electron chi connectivity index (χ3n) is 3.57. The Balaban J connectivity index is 2.52. The topological polar surface area (TPSA) is 0 Å². The Morgan fingerprint density at radius 2 is 1.54 bits per heavy atom. The van der Waals surface area contributed by atoms with E-state index in [-0.39, 0.29) is 0 Å². The Morgan fingerprint density at radius 3 is 1.92 bits per heavy atom. The number of alkyl halides is 2. The van der Waals surface area contributed by atoms with E-state index in [1.54, 1.807) is 0 Å². The summed E-state index contributed by atoms with van der Waals surface area (Å²) >= 11 is 5.12. The summed E-state index contributed by atoms with van der Waals surface area (Å²) in [4.78, 5) is 0. The van der Waals surface area contributed by atoms with E-state index < -0.39 is 0 Å². The number of rotatable bonds is 3. The normalized spacial score (nSPS) is 25.8. The van der Waals surface area contributed by atoms with E-state index in [1.165, 1.54) is 41.0 Å². The Kier molecular flexibility index (Phi) is 4.81. The van der Waals surface area contributed by atoms with Crippen LogP contribution in [0.5, 0.6) is 0 Å². The van der Waals surface area contributed by atoms with Gasteiger partial charge in [0.1, 0.15) is 0 Å². The third-order valence-corrected chi connectivity index (χ3v) is 5.73. The highest BCUT2D eigenvalue weighted by Gasteiger charge is 2.36. The summed E-state index contributed by atoms with van der Waals surface area (Å²) in [6, 6.07) is 0. The zero-order chi connectivity index (χ0) is 9.95. The van der Waals surface area contributed by atoms with Crippen LogP contribution in [0.15, 0.2) is 0 Å². The predicted molar refractivity (Wildman–Crippen MR) is 77.1 cm³/mol. The van der Waals surface area contributed by atoms with Crippen molar-refractivity contribution in [2.45, 2.75) is 46.0 Å². The number of hydrogen-bond acceptors (Lipinski definition) is 0. The summed E-state index contributed by atoms with van der Waals surface area (Å²) in [7, 11) is 0. The van der Waals surface area contributed by atoms with E-state index in [2.05, 4.69) is 59.0 Å². The Bertz CT molecular complexity index is 153. The molecule has 0 aliphatic heterocycles. The first kappa shape index (κ1) is 12.5. The molecule has 2 heteroatoms. The maximum absolute atomic E-state index is 2.59. The van der Waals surface area contributed by atoms with Crippen molar-refractivity contribution >= 4 is 45.2 Å². The Morgan fingerprint density at radius 1 is 1.00 bits per heavy atom. The standard InChI is InChI=1S/C11H20I2/c1-10(2)3-5-11(9-13,6-4-10)7-8-12/h3-9H2,1-2H3. The molecule has 0 bridgehead atoms. The van der Waals surface area contributed by atoms with Gasteiger partial charge >= 0.3 is 0 Å². The van der Waals surface area contributed by atoms with Gasteiger partial charge in [0, 0.05) is 8.86 Å². The zero-order valence-electron chi connectivity index (χ0n) is 8.71. The molecule has 0 spiro atoms. The molecule has 0 N–H and O–H groups in total. The van der Waals surface area contributed by atoms with Crippen LogP contribution in [0.1, 0.15) is 46.0 Å². The summed E-state index contributed by atoms with van der Waals surface area (Å²) in [6.45, 7) is 4.85. The average Bonchev–Trinajstić information content (AvgIpc) is 2.10. The molecular formula is C11H20I2. The van der Waals surface area contributed by atoms with Gasteiger partial charge in [-0.1, -0.05) is 59.0 Å². The van der Waals surface area contributed by atoms with Gasteiger partial charge in [-0.25, -0.2) is 0 Å². The van der Waals surface area contributed by atoms with E-state index >= 15 is 0 Å². The Hall–Kier alpha value is 1.46. The van der Waals surface area contributed by atoms with Gasteiger partial charge < -0.3 is 0 Å². The minimum absolute atomic E-state index is 0.626. The highest BCUT2D eigenvalue weighted by Crippen LogP contribution is 2.48. The molecule has 1 saturated carbocycles. The summed E-state index contributed by atoms with van der Waals surface area (Å²) in [5.41, 5.74) is 1.33. The van der Waals surface area contributed by atoms with E-state index in [9.17, 15) is 0 Å². The lowest BCUT2D eigenvalue weighted by molar-refractivity contribution is 0.121. The lowest BCUT2D eigenvalue weighted by Crippen LogP contribution is -2.32. The fourth-order valence-corrected chi connectivity index (χ4v) is 4.40. The van der Waals surface area contributed by atoms with Gasteiger partial charge in [0.15, 0.2) is 0 Å². The van der Waals surface area contributed by atoms with Crippen molar-refractivity contribution in [2.24, 2.45) is 10.8 Å². The van der Waals surface area contributed by atoms with Gasteiger partial charge in [0.05, 0.1) is 0 Å². The highest BCUT2D eigenvalue weighted by atomic mass is 127. The van der Waals surface area contributed by atoms with Crippen LogP contribution >= 0.6 is 45.2 Å². The Labute approximate surface area is 110 Å². The lowest BCUT2D eigenvalue weighted by atomic mass is 9.65. The van der Waals surface area contributed by atoms with Crippen LogP contribution in [0, 0.1) is 10.8 Å². The van der Waals surface area contributed by atoms with Crippen molar-refractivity contribution in [3.63, 3.8) is 0 Å². The maximum atomic E-state index is 2.59. The second-order valence-corrected chi connectivity index (χ2v) is 7.08. The van der Waals surface area contributed by atoms with Crippen LogP contribution in [0.4, 0.5) is 0 Å². The molecule has 0 atom stereocenters. The lowest BCUT2D eigenvalue weighted by Gasteiger charge is -2.42. The van der Waals surface area contributed by atoms with Crippen LogP contribution in [-0.2, 0) is 0 Å². The quantitative estimate of drug-likeness (QED) is 0.465. The van der Waals surface area contributed by atoms with E-state index in [0.29, 0.717) is 10.8 Å². The molecule has 0 radical (unpaired) electrons. The van der Waals surface area contributed by atoms with Crippen LogP contribution in [-0.4, -0.2) is 8.86 Å². The van der Waals surface area contributed by atoms with Crippen molar-refractivity contribution < 1.29 is 0 Å². The molecule has 1 fully saturated rings. The first-order valence-corrected chi connectivity index (χ1v) is 8.21. The summed E-state index contributed by atoms with van der Waals surface area (Å²) < 4.78 is 2.70. The van der Waals surface area contributed by atoms with Crippen LogP contribution in [0.2, 0.25) is 0 Å². The van der Waals surface area contributed by atoms with Crippen molar-refractivity contribution in [3.05, 3.63) is 0 Å². The molecule has 78 valence electrons. The van der Waals surface area contributed by atoms with Crippen LogP contribution in [0.25, 0.3) is 0 Å². The molecule has 0 amide bonds. The van der Waals surface area contributed by atoms with Gasteiger partial charge in [-0.3, -0.25) is 0 Å². The fraction of sp³-hybridized carbons (Fsp3) is 1.00. The number of hydrogen-bond donors (Lipinski definition) is 0. The van der Waals surface area contributed by atoms with Crippen molar-refractivity contribution in [3.8, 4) is 0 Å². The smallest absolute Gasteiger partial charge is 0.00522 e. The average molecular weight is 406 g/mol. The zero-order valence-corrected chi connectivity index (χ0v) is 13.0. The molecule has 1 aliphatic rings. The minimum atomic E-state index is 0.626. The SMILES string of the molecule is CC1(C)CCC(CI)(CCI)CC1. The molecule has 0 heterocycles. The van der Waals surface area contributed by atoms with Gasteiger partial charge in [-0.05, 0) is 42.9 Å². The molecular weight excluding hydrogens is 386 g/mol. The predicted octanol–water partition coefficient (Wildman–Crippen LogP) is 4.83. The van der Waals surface area contributed by atoms with Crippen LogP contribution < -0.4 is 0 Å². The molecule has 0 aromatic carbocycles. The van der Waals surface area contributed by atoms with E-state index in [4.69, 9.17) is 0 Å². The molecule has 0 saturated heterocycles. The highest BCUT2D eigenvalue weighted by molar-refractivity contribution is 14.1. The molecule has 1 rings (SSSR count). The van der Waals surface area contributed by atoms with Crippen LogP contribution in [0.3, 0.4) is 0 Å². The molecule has 0 nitrogen and oxygen atoms in total. The molecule has 0 aromatic heterocycles. The third kappa shape index (κ3) is 3.50. The van der Waals surface area contributed by atoms with Gasteiger partial charge in [-0.15, -0.1) is 0 Å². The summed E-state index contributed by atoms with van der Waals surface area (Å²) in [5.74, 6) is 0. The largest absolute Gasteiger partial charge is 0.0864 e. The van der Waals surface area contributed by atoms with Gasteiger partial charge in [0.2, 0.25) is 0 Å². The van der Waals surface area contributed by atoms with Gasteiger partial charge in [-0.2, -0.15) is 0 Å². The molecule has 0 aromatic rings. The van der Waals surface area contributed by atoms with Crippen molar-refractivity contribution in [1.82, 2.24) is 0 Å². The first-order valence-electron chi connectivity index (χ1n) is 5.16. The maximum Gasteiger partial charge on any atom is 0.00522 e. The van der Waals surface area contributed by atoms with E-state index in [1.807, 2.05) is 0 Å². The monoisotopic (exact) mass is 406 g/mol. The van der Waals surface area contributed by atoms with Crippen molar-refractivity contribution in [2.75, 3.05) is 8.86 Å². The van der Waals surface area contributed by atoms with Crippen molar-refractivity contribution in [1.29, 1.82) is 0 Å². The molecule has 0 unspecified atom stereocenters. The second-order valence-electron chi connectivity index (χ2n) is 5.24. The van der Waals surface area contributed by atoms with E-state index in [0.717, 1.165) is 0 Å². The first-order chi connectivity index (χ1) is 6.04. The van der Waals surface area contributed by atoms with Gasteiger partial charge in [0.25, 0.3) is 0 Å². The summed E-state index contributed by atoms with van der Waals surface area (Å²) in [5, 5.41) is 0. The molecule has 1 aliphatic carbocycles. The second kappa shape index (κ2) is 4.99. The summed E-state index contributed by atoms with van der Waals surface area (Å²) in [6.07, 6.45) is 7.24. The fourth-order valence-electron chi connectivity index (χ4n) is 2.11. The molecule has 13 heavy (non-hydrogen) atoms.